The molecule has 4 fully saturated rings. The van der Waals surface area contributed by atoms with Gasteiger partial charge in [0.25, 0.3) is 0 Å². The maximum Gasteiger partial charge on any atom is -0.0193 e. The molecule has 4 saturated carbocycles. The molecule has 0 heteroatoms. The fraction of sp³-hybridized carbons (Fsp3) is 0.857. The minimum atomic E-state index is 0.846. The lowest BCUT2D eigenvalue weighted by molar-refractivity contribution is 0.140. The van der Waals surface area contributed by atoms with E-state index in [1.165, 1.54) is 18.3 Å². The Balaban J connectivity index is 1.56. The summed E-state index contributed by atoms with van der Waals surface area (Å²) in [7, 11) is 0. The van der Waals surface area contributed by atoms with Crippen LogP contribution in [-0.2, 0) is 0 Å². The molecule has 0 aromatic heterocycles. The van der Waals surface area contributed by atoms with E-state index in [4.69, 9.17) is 0 Å². The molecule has 0 aromatic rings. The van der Waals surface area contributed by atoms with E-state index in [1.807, 2.05) is 0 Å². The zero-order valence-electron chi connectivity index (χ0n) is 8.82. The highest BCUT2D eigenvalue weighted by atomic mass is 14.9. The normalized spacial score (nSPS) is 71.5. The number of fused-ring (bicyclic) bond motifs is 8. The van der Waals surface area contributed by atoms with E-state index in [9.17, 15) is 0 Å². The van der Waals surface area contributed by atoms with Crippen molar-refractivity contribution in [2.75, 3.05) is 0 Å². The number of allylic oxidation sites excluding steroid dienone is 2. The number of hydrogen-bond donors (Lipinski definition) is 0. The van der Waals surface area contributed by atoms with Gasteiger partial charge in [-0.25, -0.2) is 0 Å². The second kappa shape index (κ2) is 1.74. The van der Waals surface area contributed by atoms with Gasteiger partial charge >= 0.3 is 0 Å². The molecule has 5 unspecified atom stereocenters. The molecule has 0 aliphatic heterocycles. The smallest absolute Gasteiger partial charge is 0.0193 e. The van der Waals surface area contributed by atoms with E-state index in [-0.39, 0.29) is 0 Å². The van der Waals surface area contributed by atoms with Gasteiger partial charge in [-0.2, -0.15) is 0 Å². The van der Waals surface area contributed by atoms with Crippen molar-refractivity contribution in [2.24, 2.45) is 46.8 Å². The van der Waals surface area contributed by atoms with Gasteiger partial charge in [0.1, 0.15) is 0 Å². The predicted molar refractivity (Wildman–Crippen MR) is 55.5 cm³/mol. The second-order valence-corrected chi connectivity index (χ2v) is 6.79. The molecule has 74 valence electrons. The van der Waals surface area contributed by atoms with Gasteiger partial charge in [-0.3, -0.25) is 0 Å². The van der Waals surface area contributed by atoms with Crippen molar-refractivity contribution in [2.45, 2.75) is 26.2 Å². The molecule has 5 aliphatic rings. The molecule has 0 N–H and O–H groups in total. The maximum atomic E-state index is 2.62. The molecular formula is C14H18. The van der Waals surface area contributed by atoms with Gasteiger partial charge in [-0.15, -0.1) is 0 Å². The van der Waals surface area contributed by atoms with Crippen molar-refractivity contribution in [1.29, 1.82) is 0 Å². The Labute approximate surface area is 85.8 Å². The molecule has 0 spiro atoms. The average molecular weight is 186 g/mol. The van der Waals surface area contributed by atoms with Crippen molar-refractivity contribution in [3.63, 3.8) is 0 Å². The molecule has 0 heterocycles. The molecule has 5 aliphatic carbocycles. The van der Waals surface area contributed by atoms with Crippen LogP contribution < -0.4 is 0 Å². The molecule has 0 aromatic carbocycles. The third-order valence-electron chi connectivity index (χ3n) is 6.58. The van der Waals surface area contributed by atoms with Crippen LogP contribution in [0.1, 0.15) is 26.2 Å². The van der Waals surface area contributed by atoms with Gasteiger partial charge in [0.15, 0.2) is 0 Å². The highest BCUT2D eigenvalue weighted by Crippen LogP contribution is 2.87. The Morgan fingerprint density at radius 2 is 1.57 bits per heavy atom. The van der Waals surface area contributed by atoms with Crippen LogP contribution in [0.3, 0.4) is 0 Å². The minimum absolute atomic E-state index is 0.846. The first kappa shape index (κ1) is 7.09. The monoisotopic (exact) mass is 186 g/mol. The fourth-order valence-corrected chi connectivity index (χ4v) is 5.92. The average Bonchev–Trinajstić information content (AvgIpc) is 2.96. The van der Waals surface area contributed by atoms with E-state index < -0.39 is 0 Å². The fourth-order valence-electron chi connectivity index (χ4n) is 5.92. The summed E-state index contributed by atoms with van der Waals surface area (Å²) in [6.45, 7) is 2.62. The summed E-state index contributed by atoms with van der Waals surface area (Å²) < 4.78 is 0. The maximum absolute atomic E-state index is 2.62. The first-order valence-corrected chi connectivity index (χ1v) is 6.50. The van der Waals surface area contributed by atoms with Crippen LogP contribution in [0.4, 0.5) is 0 Å². The van der Waals surface area contributed by atoms with Crippen molar-refractivity contribution >= 4 is 0 Å². The number of hydrogen-bond acceptors (Lipinski definition) is 0. The molecule has 0 saturated heterocycles. The third kappa shape index (κ3) is 0.506. The van der Waals surface area contributed by atoms with Gasteiger partial charge in [-0.05, 0) is 66.1 Å². The van der Waals surface area contributed by atoms with E-state index in [2.05, 4.69) is 19.1 Å². The molecule has 7 atom stereocenters. The SMILES string of the molecule is CC1(C2CC2)C2C3C(C21)[C@H]1C=C[C@@H]3C1. The van der Waals surface area contributed by atoms with E-state index in [1.54, 1.807) is 12.8 Å². The van der Waals surface area contributed by atoms with Crippen molar-refractivity contribution in [3.05, 3.63) is 12.2 Å². The summed E-state index contributed by atoms with van der Waals surface area (Å²) in [6, 6.07) is 0. The third-order valence-corrected chi connectivity index (χ3v) is 6.58. The summed E-state index contributed by atoms with van der Waals surface area (Å²) in [5.41, 5.74) is 0.846. The Hall–Kier alpha value is -0.260. The highest BCUT2D eigenvalue weighted by Gasteiger charge is 2.82. The Kier molecular flexibility index (Phi) is 0.882. The van der Waals surface area contributed by atoms with Crippen molar-refractivity contribution in [1.82, 2.24) is 0 Å². The van der Waals surface area contributed by atoms with Crippen LogP contribution in [0.25, 0.3) is 0 Å². The molecule has 0 amide bonds. The summed E-state index contributed by atoms with van der Waals surface area (Å²) in [5.74, 6) is 7.86. The Morgan fingerprint density at radius 1 is 1.00 bits per heavy atom. The van der Waals surface area contributed by atoms with Gasteiger partial charge in [-0.1, -0.05) is 19.1 Å². The lowest BCUT2D eigenvalue weighted by Gasteiger charge is -2.36. The first-order valence-electron chi connectivity index (χ1n) is 6.50. The van der Waals surface area contributed by atoms with Crippen LogP contribution >= 0.6 is 0 Å². The van der Waals surface area contributed by atoms with Crippen LogP contribution in [0.2, 0.25) is 0 Å². The van der Waals surface area contributed by atoms with E-state index in [0.717, 1.165) is 35.0 Å². The predicted octanol–water partition coefficient (Wildman–Crippen LogP) is 3.10. The van der Waals surface area contributed by atoms with Crippen LogP contribution in [-0.4, -0.2) is 0 Å². The van der Waals surface area contributed by atoms with Crippen LogP contribution in [0.5, 0.6) is 0 Å². The van der Waals surface area contributed by atoms with Crippen LogP contribution in [0, 0.1) is 46.8 Å². The lowest BCUT2D eigenvalue weighted by atomic mass is 9.68. The molecule has 5 rings (SSSR count). The van der Waals surface area contributed by atoms with Gasteiger partial charge in [0, 0.05) is 0 Å². The summed E-state index contributed by atoms with van der Waals surface area (Å²) in [4.78, 5) is 0. The highest BCUT2D eigenvalue weighted by molar-refractivity contribution is 5.34. The van der Waals surface area contributed by atoms with Crippen molar-refractivity contribution < 1.29 is 0 Å². The van der Waals surface area contributed by atoms with E-state index in [0.29, 0.717) is 0 Å². The standard InChI is InChI=1S/C14H18/c1-14(9-4-5-9)12-10-7-2-3-8(6-7)11(10)13(12)14/h2-3,7-13H,4-6H2,1H3/t7-,8+,10?,11?,12?,13?,14?. The summed E-state index contributed by atoms with van der Waals surface area (Å²) in [5, 5.41) is 0. The van der Waals surface area contributed by atoms with E-state index >= 15 is 0 Å². The minimum Gasteiger partial charge on any atom is -0.0848 e. The molecule has 0 radical (unpaired) electrons. The Bertz CT molecular complexity index is 325. The largest absolute Gasteiger partial charge is 0.0848 e. The zero-order valence-corrected chi connectivity index (χ0v) is 8.82. The second-order valence-electron chi connectivity index (χ2n) is 6.79. The zero-order chi connectivity index (χ0) is 9.08. The molecule has 2 bridgehead atoms. The molecular weight excluding hydrogens is 168 g/mol. The molecule has 14 heavy (non-hydrogen) atoms. The topological polar surface area (TPSA) is 0 Å². The van der Waals surface area contributed by atoms with Gasteiger partial charge in [0.05, 0.1) is 0 Å². The van der Waals surface area contributed by atoms with Gasteiger partial charge < -0.3 is 0 Å². The number of rotatable bonds is 1. The lowest BCUT2D eigenvalue weighted by Crippen LogP contribution is -2.32. The first-order chi connectivity index (χ1) is 6.82. The summed E-state index contributed by atoms with van der Waals surface area (Å²) in [6.07, 6.45) is 9.75. The summed E-state index contributed by atoms with van der Waals surface area (Å²) >= 11 is 0. The van der Waals surface area contributed by atoms with Crippen LogP contribution in [0.15, 0.2) is 12.2 Å². The molecule has 0 nitrogen and oxygen atoms in total. The Morgan fingerprint density at radius 3 is 2.07 bits per heavy atom. The van der Waals surface area contributed by atoms with Crippen molar-refractivity contribution in [3.8, 4) is 0 Å². The van der Waals surface area contributed by atoms with Gasteiger partial charge in [0.2, 0.25) is 0 Å². The quantitative estimate of drug-likeness (QED) is 0.552.